The number of aromatic nitrogens is 1. The third kappa shape index (κ3) is 1.65. The van der Waals surface area contributed by atoms with Crippen molar-refractivity contribution in [2.75, 3.05) is 6.54 Å². The highest BCUT2D eigenvalue weighted by Gasteiger charge is 2.32. The van der Waals surface area contributed by atoms with Crippen LogP contribution in [0.25, 0.3) is 5.57 Å². The zero-order valence-electron chi connectivity index (χ0n) is 9.12. The van der Waals surface area contributed by atoms with E-state index in [9.17, 15) is 4.39 Å². The number of nitrogens with one attached hydrogen (secondary N) is 1. The van der Waals surface area contributed by atoms with Crippen molar-refractivity contribution in [3.05, 3.63) is 35.9 Å². The molecule has 2 nitrogen and oxygen atoms in total. The van der Waals surface area contributed by atoms with E-state index in [1.165, 1.54) is 24.5 Å². The van der Waals surface area contributed by atoms with E-state index in [1.807, 2.05) is 6.07 Å². The molecule has 1 aromatic heterocycles. The number of pyridine rings is 1. The SMILES string of the molecule is Fc1ccc(C2=CC[C@@H]3CCCN[C@H]23)cn1. The maximum atomic E-state index is 12.8. The van der Waals surface area contributed by atoms with Crippen molar-refractivity contribution in [2.24, 2.45) is 5.92 Å². The minimum Gasteiger partial charge on any atom is -0.310 e. The summed E-state index contributed by atoms with van der Waals surface area (Å²) in [5.41, 5.74) is 2.36. The van der Waals surface area contributed by atoms with Gasteiger partial charge in [0.25, 0.3) is 0 Å². The molecule has 2 heterocycles. The minimum atomic E-state index is -0.407. The van der Waals surface area contributed by atoms with Crippen molar-refractivity contribution in [1.29, 1.82) is 0 Å². The highest BCUT2D eigenvalue weighted by atomic mass is 19.1. The van der Waals surface area contributed by atoms with Crippen LogP contribution in [0.15, 0.2) is 24.4 Å². The molecule has 1 aromatic rings. The second-order valence-corrected chi connectivity index (χ2v) is 4.60. The fourth-order valence-electron chi connectivity index (χ4n) is 2.82. The Labute approximate surface area is 94.6 Å². The Bertz CT molecular complexity index is 410. The summed E-state index contributed by atoms with van der Waals surface area (Å²) in [6, 6.07) is 3.72. The number of allylic oxidation sites excluding steroid dienone is 1. The van der Waals surface area contributed by atoms with Gasteiger partial charge in [0.1, 0.15) is 0 Å². The summed E-state index contributed by atoms with van der Waals surface area (Å²) in [5, 5.41) is 3.55. The normalized spacial score (nSPS) is 28.7. The van der Waals surface area contributed by atoms with E-state index in [-0.39, 0.29) is 0 Å². The summed E-state index contributed by atoms with van der Waals surface area (Å²) in [7, 11) is 0. The molecule has 0 unspecified atom stereocenters. The van der Waals surface area contributed by atoms with E-state index < -0.39 is 5.95 Å². The number of hydrogen-bond acceptors (Lipinski definition) is 2. The van der Waals surface area contributed by atoms with Gasteiger partial charge in [-0.1, -0.05) is 6.08 Å². The predicted molar refractivity (Wildman–Crippen MR) is 61.3 cm³/mol. The van der Waals surface area contributed by atoms with Gasteiger partial charge in [-0.25, -0.2) is 4.98 Å². The van der Waals surface area contributed by atoms with Crippen LogP contribution < -0.4 is 5.32 Å². The molecule has 3 heteroatoms. The number of fused-ring (bicyclic) bond motifs is 1. The second-order valence-electron chi connectivity index (χ2n) is 4.60. The van der Waals surface area contributed by atoms with Gasteiger partial charge in [0.05, 0.1) is 0 Å². The maximum Gasteiger partial charge on any atom is 0.212 e. The third-order valence-electron chi connectivity index (χ3n) is 3.62. The van der Waals surface area contributed by atoms with E-state index in [0.717, 1.165) is 24.4 Å². The lowest BCUT2D eigenvalue weighted by Crippen LogP contribution is -2.39. The largest absolute Gasteiger partial charge is 0.310 e. The summed E-state index contributed by atoms with van der Waals surface area (Å²) < 4.78 is 12.8. The van der Waals surface area contributed by atoms with Gasteiger partial charge in [0.15, 0.2) is 0 Å². The zero-order chi connectivity index (χ0) is 11.0. The van der Waals surface area contributed by atoms with Crippen molar-refractivity contribution >= 4 is 5.57 Å². The summed E-state index contributed by atoms with van der Waals surface area (Å²) in [6.45, 7) is 1.09. The molecule has 3 rings (SSSR count). The van der Waals surface area contributed by atoms with Crippen molar-refractivity contribution < 1.29 is 4.39 Å². The molecule has 84 valence electrons. The average molecular weight is 218 g/mol. The van der Waals surface area contributed by atoms with Gasteiger partial charge in [0.2, 0.25) is 5.95 Å². The lowest BCUT2D eigenvalue weighted by atomic mass is 9.89. The van der Waals surface area contributed by atoms with Crippen LogP contribution in [0.2, 0.25) is 0 Å². The molecular formula is C13H15FN2. The summed E-state index contributed by atoms with van der Waals surface area (Å²) >= 11 is 0. The molecule has 0 amide bonds. The van der Waals surface area contributed by atoms with Crippen LogP contribution in [0.1, 0.15) is 24.8 Å². The van der Waals surface area contributed by atoms with Gasteiger partial charge in [-0.2, -0.15) is 4.39 Å². The lowest BCUT2D eigenvalue weighted by Gasteiger charge is -2.29. The summed E-state index contributed by atoms with van der Waals surface area (Å²) in [5.74, 6) is 0.323. The number of piperidine rings is 1. The van der Waals surface area contributed by atoms with Crippen molar-refractivity contribution in [2.45, 2.75) is 25.3 Å². The second kappa shape index (κ2) is 3.98. The highest BCUT2D eigenvalue weighted by molar-refractivity contribution is 5.71. The smallest absolute Gasteiger partial charge is 0.212 e. The molecule has 2 atom stereocenters. The highest BCUT2D eigenvalue weighted by Crippen LogP contribution is 2.36. The first kappa shape index (κ1) is 9.97. The van der Waals surface area contributed by atoms with Crippen LogP contribution >= 0.6 is 0 Å². The molecule has 1 N–H and O–H groups in total. The van der Waals surface area contributed by atoms with E-state index >= 15 is 0 Å². The van der Waals surface area contributed by atoms with Crippen LogP contribution in [-0.2, 0) is 0 Å². The quantitative estimate of drug-likeness (QED) is 0.732. The van der Waals surface area contributed by atoms with Crippen LogP contribution in [0.5, 0.6) is 0 Å². The molecule has 1 aliphatic carbocycles. The molecule has 1 fully saturated rings. The van der Waals surface area contributed by atoms with E-state index in [4.69, 9.17) is 0 Å². The van der Waals surface area contributed by atoms with Gasteiger partial charge < -0.3 is 5.32 Å². The molecule has 16 heavy (non-hydrogen) atoms. The van der Waals surface area contributed by atoms with E-state index in [0.29, 0.717) is 6.04 Å². The maximum absolute atomic E-state index is 12.8. The van der Waals surface area contributed by atoms with Crippen LogP contribution in [-0.4, -0.2) is 17.6 Å². The van der Waals surface area contributed by atoms with Crippen molar-refractivity contribution in [3.8, 4) is 0 Å². The molecule has 0 bridgehead atoms. The number of halogens is 1. The molecule has 0 saturated carbocycles. The average Bonchev–Trinajstić information content (AvgIpc) is 2.74. The van der Waals surface area contributed by atoms with Gasteiger partial charge in [-0.15, -0.1) is 0 Å². The van der Waals surface area contributed by atoms with Crippen LogP contribution in [0.3, 0.4) is 0 Å². The Morgan fingerprint density at radius 3 is 3.12 bits per heavy atom. The fraction of sp³-hybridized carbons (Fsp3) is 0.462. The summed E-state index contributed by atoms with van der Waals surface area (Å²) in [6.07, 6.45) is 7.63. The Hall–Kier alpha value is -1.22. The molecule has 1 aliphatic heterocycles. The molecular weight excluding hydrogens is 203 g/mol. The van der Waals surface area contributed by atoms with Gasteiger partial charge >= 0.3 is 0 Å². The lowest BCUT2D eigenvalue weighted by molar-refractivity contribution is 0.346. The number of hydrogen-bond donors (Lipinski definition) is 1. The zero-order valence-corrected chi connectivity index (χ0v) is 9.12. The molecule has 0 aromatic carbocycles. The van der Waals surface area contributed by atoms with Crippen molar-refractivity contribution in [3.63, 3.8) is 0 Å². The van der Waals surface area contributed by atoms with E-state index in [1.54, 1.807) is 6.20 Å². The fourth-order valence-corrected chi connectivity index (χ4v) is 2.82. The Morgan fingerprint density at radius 1 is 1.38 bits per heavy atom. The number of rotatable bonds is 1. The molecule has 2 aliphatic rings. The predicted octanol–water partition coefficient (Wildman–Crippen LogP) is 2.38. The van der Waals surface area contributed by atoms with Gasteiger partial charge in [-0.3, -0.25) is 0 Å². The van der Waals surface area contributed by atoms with E-state index in [2.05, 4.69) is 16.4 Å². The Balaban J connectivity index is 1.87. The first-order valence-corrected chi connectivity index (χ1v) is 5.90. The van der Waals surface area contributed by atoms with Crippen molar-refractivity contribution in [1.82, 2.24) is 10.3 Å². The number of nitrogens with zero attached hydrogens (tertiary/aromatic N) is 1. The minimum absolute atomic E-state index is 0.407. The molecule has 0 radical (unpaired) electrons. The van der Waals surface area contributed by atoms with Crippen LogP contribution in [0, 0.1) is 11.9 Å². The van der Waals surface area contributed by atoms with Crippen LogP contribution in [0.4, 0.5) is 4.39 Å². The first-order chi connectivity index (χ1) is 7.84. The van der Waals surface area contributed by atoms with Gasteiger partial charge in [0, 0.05) is 12.2 Å². The Morgan fingerprint density at radius 2 is 2.31 bits per heavy atom. The molecule has 0 spiro atoms. The Kier molecular flexibility index (Phi) is 2.48. The standard InChI is InChI=1S/C13H15FN2/c14-12-6-4-10(8-16-12)11-5-3-9-2-1-7-15-13(9)11/h4-6,8-9,13,15H,1-3,7H2/t9-,13-/m0/s1. The summed E-state index contributed by atoms with van der Waals surface area (Å²) in [4.78, 5) is 3.73. The molecule has 1 saturated heterocycles. The third-order valence-corrected chi connectivity index (χ3v) is 3.62. The topological polar surface area (TPSA) is 24.9 Å². The monoisotopic (exact) mass is 218 g/mol. The first-order valence-electron chi connectivity index (χ1n) is 5.90. The van der Waals surface area contributed by atoms with Gasteiger partial charge in [-0.05, 0) is 55.0 Å².